The monoisotopic (exact) mass is 350 g/mol. The highest BCUT2D eigenvalue weighted by Gasteiger charge is 2.10. The molecule has 0 spiro atoms. The number of rotatable bonds is 4. The summed E-state index contributed by atoms with van der Waals surface area (Å²) in [4.78, 5) is 5.69. The van der Waals surface area contributed by atoms with Crippen molar-refractivity contribution in [2.24, 2.45) is 0 Å². The van der Waals surface area contributed by atoms with Crippen LogP contribution in [0.15, 0.2) is 15.9 Å². The summed E-state index contributed by atoms with van der Waals surface area (Å²) in [6, 6.07) is 2.33. The zero-order valence-electron chi connectivity index (χ0n) is 9.46. The minimum absolute atomic E-state index is 0.272. The summed E-state index contributed by atoms with van der Waals surface area (Å²) >= 11 is 12.7. The molecule has 2 rings (SSSR count). The van der Waals surface area contributed by atoms with Crippen LogP contribution in [0.3, 0.4) is 0 Å². The highest BCUT2D eigenvalue weighted by Crippen LogP contribution is 2.32. The average Bonchev–Trinajstić information content (AvgIpc) is 2.83. The first-order valence-electron chi connectivity index (χ1n) is 5.15. The van der Waals surface area contributed by atoms with Gasteiger partial charge in [-0.2, -0.15) is 0 Å². The number of nitrogens with zero attached hydrogens (tertiary/aromatic N) is 1. The van der Waals surface area contributed by atoms with Gasteiger partial charge in [0.15, 0.2) is 0 Å². The lowest BCUT2D eigenvalue weighted by Gasteiger charge is -2.09. The highest BCUT2D eigenvalue weighted by molar-refractivity contribution is 9.10. The molecular weight excluding hydrogens is 340 g/mol. The number of thiazole rings is 1. The van der Waals surface area contributed by atoms with Gasteiger partial charge in [0, 0.05) is 27.0 Å². The van der Waals surface area contributed by atoms with Gasteiger partial charge in [0.25, 0.3) is 0 Å². The van der Waals surface area contributed by atoms with Crippen LogP contribution in [0.2, 0.25) is 4.34 Å². The summed E-state index contributed by atoms with van der Waals surface area (Å²) in [5.41, 5.74) is 1.08. The van der Waals surface area contributed by atoms with Crippen LogP contribution in [-0.4, -0.2) is 4.98 Å². The van der Waals surface area contributed by atoms with Crippen molar-refractivity contribution in [2.75, 3.05) is 0 Å². The van der Waals surface area contributed by atoms with Gasteiger partial charge in [-0.3, -0.25) is 0 Å². The summed E-state index contributed by atoms with van der Waals surface area (Å²) < 4.78 is 1.78. The summed E-state index contributed by atoms with van der Waals surface area (Å²) in [5, 5.41) is 6.65. The van der Waals surface area contributed by atoms with E-state index in [9.17, 15) is 0 Å². The summed E-state index contributed by atoms with van der Waals surface area (Å²) in [6.45, 7) is 4.96. The Labute approximate surface area is 122 Å². The van der Waals surface area contributed by atoms with Crippen LogP contribution in [0.25, 0.3) is 0 Å². The molecule has 17 heavy (non-hydrogen) atoms. The topological polar surface area (TPSA) is 24.9 Å². The van der Waals surface area contributed by atoms with Crippen LogP contribution in [0, 0.1) is 6.92 Å². The summed E-state index contributed by atoms with van der Waals surface area (Å²) in [7, 11) is 0. The number of halogens is 2. The molecule has 6 heteroatoms. The number of hydrogen-bond donors (Lipinski definition) is 1. The van der Waals surface area contributed by atoms with Crippen molar-refractivity contribution in [3.63, 3.8) is 0 Å². The largest absolute Gasteiger partial charge is 0.303 e. The molecular formula is C11H12BrClN2S2. The van der Waals surface area contributed by atoms with Gasteiger partial charge >= 0.3 is 0 Å². The maximum atomic E-state index is 6.00. The second-order valence-corrected chi connectivity index (χ2v) is 7.25. The van der Waals surface area contributed by atoms with Gasteiger partial charge in [-0.15, -0.1) is 22.7 Å². The van der Waals surface area contributed by atoms with E-state index in [1.165, 1.54) is 4.88 Å². The Bertz CT molecular complexity index is 490. The molecule has 0 aliphatic heterocycles. The lowest BCUT2D eigenvalue weighted by molar-refractivity contribution is 0.575. The molecule has 2 nitrogen and oxygen atoms in total. The molecule has 0 saturated carbocycles. The van der Waals surface area contributed by atoms with Crippen molar-refractivity contribution in [2.45, 2.75) is 26.4 Å². The molecule has 1 N–H and O–H groups in total. The van der Waals surface area contributed by atoms with Crippen LogP contribution in [0.1, 0.15) is 28.5 Å². The molecule has 0 saturated heterocycles. The third kappa shape index (κ3) is 3.51. The van der Waals surface area contributed by atoms with E-state index in [-0.39, 0.29) is 6.04 Å². The highest BCUT2D eigenvalue weighted by atomic mass is 79.9. The van der Waals surface area contributed by atoms with E-state index in [1.807, 2.05) is 6.92 Å². The van der Waals surface area contributed by atoms with Crippen molar-refractivity contribution >= 4 is 50.2 Å². The lowest BCUT2D eigenvalue weighted by Crippen LogP contribution is -2.17. The normalized spacial score (nSPS) is 12.9. The summed E-state index contributed by atoms with van der Waals surface area (Å²) in [6.07, 6.45) is 0. The second-order valence-electron chi connectivity index (χ2n) is 3.76. The van der Waals surface area contributed by atoms with E-state index in [0.717, 1.165) is 26.1 Å². The number of thiophene rings is 1. The molecule has 2 aromatic heterocycles. The van der Waals surface area contributed by atoms with Gasteiger partial charge in [0.2, 0.25) is 0 Å². The molecule has 2 heterocycles. The molecule has 0 aliphatic rings. The first-order chi connectivity index (χ1) is 8.06. The molecule has 0 bridgehead atoms. The van der Waals surface area contributed by atoms with Crippen molar-refractivity contribution in [3.05, 3.63) is 35.8 Å². The lowest BCUT2D eigenvalue weighted by atomic mass is 10.3. The van der Waals surface area contributed by atoms with E-state index >= 15 is 0 Å². The van der Waals surface area contributed by atoms with Crippen LogP contribution >= 0.6 is 50.2 Å². The van der Waals surface area contributed by atoms with Gasteiger partial charge < -0.3 is 5.32 Å². The number of nitrogens with one attached hydrogen (secondary N) is 1. The van der Waals surface area contributed by atoms with E-state index in [1.54, 1.807) is 22.7 Å². The van der Waals surface area contributed by atoms with Crippen molar-refractivity contribution in [3.8, 4) is 0 Å². The first kappa shape index (κ1) is 13.5. The zero-order chi connectivity index (χ0) is 12.4. The predicted molar refractivity (Wildman–Crippen MR) is 79.1 cm³/mol. The Balaban J connectivity index is 1.94. The Morgan fingerprint density at radius 1 is 1.59 bits per heavy atom. The molecule has 0 amide bonds. The van der Waals surface area contributed by atoms with Crippen LogP contribution in [0.5, 0.6) is 0 Å². The van der Waals surface area contributed by atoms with E-state index in [2.05, 4.69) is 44.6 Å². The Kier molecular flexibility index (Phi) is 4.60. The minimum Gasteiger partial charge on any atom is -0.303 e. The van der Waals surface area contributed by atoms with E-state index < -0.39 is 0 Å². The van der Waals surface area contributed by atoms with Gasteiger partial charge in [0.05, 0.1) is 6.04 Å². The molecule has 0 aliphatic carbocycles. The number of hydrogen-bond acceptors (Lipinski definition) is 4. The second kappa shape index (κ2) is 5.80. The average molecular weight is 352 g/mol. The molecule has 2 aromatic rings. The van der Waals surface area contributed by atoms with Crippen LogP contribution in [-0.2, 0) is 6.54 Å². The molecule has 0 radical (unpaired) electrons. The molecule has 1 unspecified atom stereocenters. The van der Waals surface area contributed by atoms with Gasteiger partial charge in [-0.25, -0.2) is 4.98 Å². The molecule has 92 valence electrons. The Hall–Kier alpha value is 0.0600. The zero-order valence-corrected chi connectivity index (χ0v) is 13.4. The smallest absolute Gasteiger partial charge is 0.110 e. The van der Waals surface area contributed by atoms with E-state index in [4.69, 9.17) is 11.6 Å². The summed E-state index contributed by atoms with van der Waals surface area (Å²) in [5.74, 6) is 0. The Morgan fingerprint density at radius 2 is 2.35 bits per heavy atom. The number of aromatic nitrogens is 1. The minimum atomic E-state index is 0.272. The maximum Gasteiger partial charge on any atom is 0.110 e. The van der Waals surface area contributed by atoms with Gasteiger partial charge in [-0.05, 0) is 35.8 Å². The van der Waals surface area contributed by atoms with Crippen LogP contribution in [0.4, 0.5) is 0 Å². The fourth-order valence-electron chi connectivity index (χ4n) is 1.39. The predicted octanol–water partition coefficient (Wildman–Crippen LogP) is 4.78. The number of aryl methyl sites for hydroxylation is 1. The fourth-order valence-corrected chi connectivity index (χ4v) is 3.96. The Morgan fingerprint density at radius 3 is 2.88 bits per heavy atom. The van der Waals surface area contributed by atoms with Crippen molar-refractivity contribution in [1.82, 2.24) is 10.3 Å². The first-order valence-corrected chi connectivity index (χ1v) is 8.02. The molecule has 0 fully saturated rings. The molecule has 1 atom stereocenters. The van der Waals surface area contributed by atoms with Crippen LogP contribution < -0.4 is 5.32 Å². The standard InChI is InChI=1S/C11H12BrClN2S2/c1-6-5-16-11(15-6)7(2)14-4-8-3-9(12)10(13)17-8/h3,5,7,14H,4H2,1-2H3. The van der Waals surface area contributed by atoms with Crippen molar-refractivity contribution < 1.29 is 0 Å². The third-order valence-corrected chi connectivity index (χ3v) is 5.91. The third-order valence-electron chi connectivity index (χ3n) is 2.29. The van der Waals surface area contributed by atoms with Gasteiger partial charge in [-0.1, -0.05) is 11.6 Å². The fraction of sp³-hybridized carbons (Fsp3) is 0.364. The molecule has 0 aromatic carbocycles. The SMILES string of the molecule is Cc1csc(C(C)NCc2cc(Br)c(Cl)s2)n1. The van der Waals surface area contributed by atoms with E-state index in [0.29, 0.717) is 0 Å². The van der Waals surface area contributed by atoms with Gasteiger partial charge in [0.1, 0.15) is 9.34 Å². The maximum absolute atomic E-state index is 6.00. The van der Waals surface area contributed by atoms with Crippen molar-refractivity contribution in [1.29, 1.82) is 0 Å². The quantitative estimate of drug-likeness (QED) is 0.857.